The molecule has 4 nitrogen and oxygen atoms in total. The van der Waals surface area contributed by atoms with Gasteiger partial charge in [-0.15, -0.1) is 0 Å². The summed E-state index contributed by atoms with van der Waals surface area (Å²) < 4.78 is 46.0. The van der Waals surface area contributed by atoms with Gasteiger partial charge in [0.2, 0.25) is 10.0 Å². The van der Waals surface area contributed by atoms with E-state index in [1.807, 2.05) is 12.2 Å². The van der Waals surface area contributed by atoms with Gasteiger partial charge >= 0.3 is 0 Å². The van der Waals surface area contributed by atoms with Gasteiger partial charge in [-0.1, -0.05) is 30.4 Å². The van der Waals surface area contributed by atoms with E-state index in [9.17, 15) is 12.8 Å². The highest BCUT2D eigenvalue weighted by Gasteiger charge is 2.63. The van der Waals surface area contributed by atoms with Crippen molar-refractivity contribution in [2.24, 2.45) is 0 Å². The predicted molar refractivity (Wildman–Crippen MR) is 70.9 cm³/mol. The Bertz CT molecular complexity index is 702. The molecule has 3 aliphatic rings. The van der Waals surface area contributed by atoms with Crippen molar-refractivity contribution < 1.29 is 17.5 Å². The van der Waals surface area contributed by atoms with E-state index in [-0.39, 0.29) is 25.0 Å². The van der Waals surface area contributed by atoms with Crippen molar-refractivity contribution in [3.8, 4) is 0 Å². The smallest absolute Gasteiger partial charge is 0.220 e. The topological polar surface area (TPSA) is 46.6 Å². The third-order valence-electron chi connectivity index (χ3n) is 4.40. The highest BCUT2D eigenvalue weighted by molar-refractivity contribution is 7.90. The van der Waals surface area contributed by atoms with E-state index < -0.39 is 20.9 Å². The number of benzene rings is 1. The SMILES string of the molecule is O=S1(=O)[C@H]2C[C@@H]3C=C[C@@]2(CN1Cc1ccccc1F)O3. The Kier molecular flexibility index (Phi) is 2.44. The fourth-order valence-electron chi connectivity index (χ4n) is 3.42. The van der Waals surface area contributed by atoms with Crippen LogP contribution in [0.4, 0.5) is 4.39 Å². The minimum atomic E-state index is -3.43. The zero-order valence-electron chi connectivity index (χ0n) is 10.7. The molecule has 3 aliphatic heterocycles. The summed E-state index contributed by atoms with van der Waals surface area (Å²) >= 11 is 0. The molecule has 0 amide bonds. The van der Waals surface area contributed by atoms with E-state index in [0.29, 0.717) is 12.0 Å². The van der Waals surface area contributed by atoms with Crippen molar-refractivity contribution in [3.05, 3.63) is 47.8 Å². The lowest BCUT2D eigenvalue weighted by Crippen LogP contribution is -2.36. The highest BCUT2D eigenvalue weighted by atomic mass is 32.2. The average molecular weight is 295 g/mol. The Hall–Kier alpha value is -1.24. The Labute approximate surface area is 116 Å². The van der Waals surface area contributed by atoms with Crippen LogP contribution in [0.25, 0.3) is 0 Å². The van der Waals surface area contributed by atoms with Crippen molar-refractivity contribution in [2.75, 3.05) is 6.54 Å². The van der Waals surface area contributed by atoms with Crippen LogP contribution < -0.4 is 0 Å². The molecule has 2 fully saturated rings. The fourth-order valence-corrected chi connectivity index (χ4v) is 5.63. The second kappa shape index (κ2) is 3.90. The van der Waals surface area contributed by atoms with Gasteiger partial charge in [-0.3, -0.25) is 0 Å². The summed E-state index contributed by atoms with van der Waals surface area (Å²) in [6.45, 7) is 0.344. The first-order valence-corrected chi connectivity index (χ1v) is 8.11. The summed E-state index contributed by atoms with van der Waals surface area (Å²) in [5, 5.41) is -0.517. The average Bonchev–Trinajstić information content (AvgIpc) is 3.03. The summed E-state index contributed by atoms with van der Waals surface area (Å²) in [5.74, 6) is -0.377. The largest absolute Gasteiger partial charge is 0.361 e. The van der Waals surface area contributed by atoms with E-state index >= 15 is 0 Å². The van der Waals surface area contributed by atoms with Gasteiger partial charge in [-0.2, -0.15) is 4.31 Å². The molecule has 6 heteroatoms. The fraction of sp³-hybridized carbons (Fsp3) is 0.429. The van der Waals surface area contributed by atoms with Crippen molar-refractivity contribution in [3.63, 3.8) is 0 Å². The lowest BCUT2D eigenvalue weighted by atomic mass is 9.94. The molecule has 20 heavy (non-hydrogen) atoms. The lowest BCUT2D eigenvalue weighted by Gasteiger charge is -2.19. The number of rotatable bonds is 2. The molecule has 0 radical (unpaired) electrons. The second-order valence-corrected chi connectivity index (χ2v) is 7.71. The number of sulfonamides is 1. The van der Waals surface area contributed by atoms with Crippen LogP contribution in [0.15, 0.2) is 36.4 Å². The van der Waals surface area contributed by atoms with Gasteiger partial charge in [-0.25, -0.2) is 12.8 Å². The molecular formula is C14H14FNO3S. The number of halogens is 1. The van der Waals surface area contributed by atoms with Gasteiger partial charge in [0, 0.05) is 18.7 Å². The van der Waals surface area contributed by atoms with Gasteiger partial charge in [0.15, 0.2) is 0 Å². The minimum Gasteiger partial charge on any atom is -0.361 e. The molecule has 1 aromatic carbocycles. The molecule has 4 rings (SSSR count). The molecule has 1 spiro atoms. The maximum atomic E-state index is 13.7. The first-order chi connectivity index (χ1) is 9.51. The van der Waals surface area contributed by atoms with E-state index in [1.54, 1.807) is 18.2 Å². The molecule has 0 N–H and O–H groups in total. The number of nitrogens with zero attached hydrogens (tertiary/aromatic N) is 1. The Balaban J connectivity index is 1.68. The van der Waals surface area contributed by atoms with Crippen LogP contribution in [0.1, 0.15) is 12.0 Å². The third-order valence-corrected chi connectivity index (χ3v) is 6.69. The maximum Gasteiger partial charge on any atom is 0.220 e. The lowest BCUT2D eigenvalue weighted by molar-refractivity contribution is 0.0298. The molecule has 1 aromatic rings. The Morgan fingerprint density at radius 2 is 2.20 bits per heavy atom. The molecule has 3 heterocycles. The second-order valence-electron chi connectivity index (χ2n) is 5.60. The monoisotopic (exact) mass is 295 g/mol. The normalized spacial score (nSPS) is 37.5. The van der Waals surface area contributed by atoms with Crippen LogP contribution in [-0.4, -0.2) is 36.2 Å². The summed E-state index contributed by atoms with van der Waals surface area (Å²) in [5.41, 5.74) is -0.319. The van der Waals surface area contributed by atoms with E-state index in [2.05, 4.69) is 0 Å². The van der Waals surface area contributed by atoms with Gasteiger partial charge < -0.3 is 4.74 Å². The van der Waals surface area contributed by atoms with Crippen molar-refractivity contribution in [1.82, 2.24) is 4.31 Å². The number of ether oxygens (including phenoxy) is 1. The van der Waals surface area contributed by atoms with E-state index in [0.717, 1.165) is 0 Å². The van der Waals surface area contributed by atoms with Crippen LogP contribution in [0, 0.1) is 5.82 Å². The summed E-state index contributed by atoms with van der Waals surface area (Å²) in [7, 11) is -3.43. The molecule has 0 saturated carbocycles. The zero-order chi connectivity index (χ0) is 14.0. The van der Waals surface area contributed by atoms with Crippen molar-refractivity contribution in [2.45, 2.75) is 29.9 Å². The molecular weight excluding hydrogens is 281 g/mol. The molecule has 0 unspecified atom stereocenters. The van der Waals surface area contributed by atoms with Gasteiger partial charge in [0.25, 0.3) is 0 Å². The van der Waals surface area contributed by atoms with Crippen LogP contribution in [0.3, 0.4) is 0 Å². The molecule has 0 aromatic heterocycles. The maximum absolute atomic E-state index is 13.7. The molecule has 2 bridgehead atoms. The van der Waals surface area contributed by atoms with Crippen molar-refractivity contribution in [1.29, 1.82) is 0 Å². The number of fused-ring (bicyclic) bond motifs is 1. The van der Waals surface area contributed by atoms with Crippen LogP contribution in [0.5, 0.6) is 0 Å². The summed E-state index contributed by atoms with van der Waals surface area (Å²) in [4.78, 5) is 0. The third kappa shape index (κ3) is 1.55. The predicted octanol–water partition coefficient (Wildman–Crippen LogP) is 1.44. The van der Waals surface area contributed by atoms with Crippen LogP contribution >= 0.6 is 0 Å². The van der Waals surface area contributed by atoms with Gasteiger partial charge in [0.1, 0.15) is 16.7 Å². The summed E-state index contributed by atoms with van der Waals surface area (Å²) in [6.07, 6.45) is 4.22. The van der Waals surface area contributed by atoms with Crippen molar-refractivity contribution >= 4 is 10.0 Å². The van der Waals surface area contributed by atoms with Gasteiger partial charge in [0.05, 0.1) is 6.10 Å². The first kappa shape index (κ1) is 12.5. The van der Waals surface area contributed by atoms with E-state index in [1.165, 1.54) is 10.4 Å². The molecule has 106 valence electrons. The standard InChI is InChI=1S/C14H14FNO3S/c15-12-4-2-1-3-10(12)8-16-9-14-6-5-11(19-14)7-13(14)20(16,17)18/h1-6,11,13H,7-9H2/t11-,13-,14-/m0/s1. The number of hydrogen-bond acceptors (Lipinski definition) is 3. The summed E-state index contributed by atoms with van der Waals surface area (Å²) in [6, 6.07) is 6.27. The highest BCUT2D eigenvalue weighted by Crippen LogP contribution is 2.48. The Morgan fingerprint density at radius 3 is 2.90 bits per heavy atom. The first-order valence-electron chi connectivity index (χ1n) is 6.61. The number of hydrogen-bond donors (Lipinski definition) is 0. The Morgan fingerprint density at radius 1 is 1.40 bits per heavy atom. The van der Waals surface area contributed by atoms with E-state index in [4.69, 9.17) is 4.74 Å². The van der Waals surface area contributed by atoms with Gasteiger partial charge in [-0.05, 0) is 12.5 Å². The molecule has 2 saturated heterocycles. The minimum absolute atomic E-state index is 0.0646. The quantitative estimate of drug-likeness (QED) is 0.776. The zero-order valence-corrected chi connectivity index (χ0v) is 11.5. The van der Waals surface area contributed by atoms with Crippen LogP contribution in [0.2, 0.25) is 0 Å². The van der Waals surface area contributed by atoms with Crippen LogP contribution in [-0.2, 0) is 21.3 Å². The molecule has 3 atom stereocenters. The molecule has 0 aliphatic carbocycles.